The Morgan fingerprint density at radius 2 is 1.79 bits per heavy atom. The monoisotopic (exact) mass is 359 g/mol. The highest BCUT2D eigenvalue weighted by Crippen LogP contribution is 2.34. The highest BCUT2D eigenvalue weighted by atomic mass is 32.2. The van der Waals surface area contributed by atoms with Gasteiger partial charge in [0.25, 0.3) is 0 Å². The molecule has 1 unspecified atom stereocenters. The van der Waals surface area contributed by atoms with Crippen LogP contribution in [0.15, 0.2) is 17.0 Å². The van der Waals surface area contributed by atoms with Gasteiger partial charge in [0.15, 0.2) is 0 Å². The molecule has 0 fully saturated rings. The number of hydrogen-bond acceptors (Lipinski definition) is 4. The minimum absolute atomic E-state index is 0.0837. The van der Waals surface area contributed by atoms with E-state index in [2.05, 4.69) is 5.32 Å². The van der Waals surface area contributed by atoms with Crippen LogP contribution < -0.4 is 5.32 Å². The van der Waals surface area contributed by atoms with Crippen molar-refractivity contribution < 1.29 is 23.1 Å². The zero-order valence-electron chi connectivity index (χ0n) is 14.5. The summed E-state index contributed by atoms with van der Waals surface area (Å²) in [6.07, 6.45) is 0. The van der Waals surface area contributed by atoms with Crippen molar-refractivity contribution in [3.8, 4) is 0 Å². The molecule has 0 aliphatic heterocycles. The largest absolute Gasteiger partial charge is 0.465 e. The first-order valence-corrected chi connectivity index (χ1v) is 8.59. The van der Waals surface area contributed by atoms with Crippen molar-refractivity contribution in [1.82, 2.24) is 0 Å². The van der Waals surface area contributed by atoms with Crippen LogP contribution in [-0.4, -0.2) is 23.7 Å². The van der Waals surface area contributed by atoms with Gasteiger partial charge in [-0.1, -0.05) is 27.7 Å². The lowest BCUT2D eigenvalue weighted by molar-refractivity contribution is -0.144. The fourth-order valence-electron chi connectivity index (χ4n) is 1.83. The van der Waals surface area contributed by atoms with Crippen molar-refractivity contribution in [2.75, 3.05) is 11.9 Å². The molecule has 1 aromatic rings. The maximum atomic E-state index is 14.0. The van der Waals surface area contributed by atoms with Crippen LogP contribution in [-0.2, 0) is 14.3 Å². The van der Waals surface area contributed by atoms with Crippen LogP contribution >= 0.6 is 11.8 Å². The number of carbonyl (C=O) groups excluding carboxylic acids is 2. The molecule has 0 aliphatic rings. The average Bonchev–Trinajstić information content (AvgIpc) is 2.45. The molecule has 24 heavy (non-hydrogen) atoms. The summed E-state index contributed by atoms with van der Waals surface area (Å²) in [4.78, 5) is 23.4. The summed E-state index contributed by atoms with van der Waals surface area (Å²) in [6.45, 7) is 9.00. The number of amides is 1. The lowest BCUT2D eigenvalue weighted by atomic mass is 10.1. The van der Waals surface area contributed by atoms with Crippen LogP contribution in [0.3, 0.4) is 0 Å². The van der Waals surface area contributed by atoms with Gasteiger partial charge in [-0.2, -0.15) is 0 Å². The minimum atomic E-state index is -0.865. The van der Waals surface area contributed by atoms with Gasteiger partial charge in [-0.05, 0) is 17.9 Å². The average molecular weight is 359 g/mol. The lowest BCUT2D eigenvalue weighted by Crippen LogP contribution is -2.27. The predicted octanol–water partition coefficient (Wildman–Crippen LogP) is 4.24. The van der Waals surface area contributed by atoms with Gasteiger partial charge in [-0.25, -0.2) is 8.78 Å². The van der Waals surface area contributed by atoms with Crippen LogP contribution in [0.5, 0.6) is 0 Å². The minimum Gasteiger partial charge on any atom is -0.465 e. The second kappa shape index (κ2) is 9.01. The maximum absolute atomic E-state index is 14.0. The fourth-order valence-corrected chi connectivity index (χ4v) is 2.90. The number of ether oxygens (including phenoxy) is 1. The first-order chi connectivity index (χ1) is 11.1. The van der Waals surface area contributed by atoms with E-state index < -0.39 is 28.8 Å². The Hall–Kier alpha value is -1.63. The summed E-state index contributed by atoms with van der Waals surface area (Å²) in [5.41, 5.74) is -0.121. The quantitative estimate of drug-likeness (QED) is 0.584. The first kappa shape index (κ1) is 20.4. The molecule has 0 aromatic heterocycles. The second-order valence-electron chi connectivity index (χ2n) is 6.25. The Labute approximate surface area is 145 Å². The number of anilines is 1. The van der Waals surface area contributed by atoms with Gasteiger partial charge in [-0.15, -0.1) is 11.8 Å². The number of halogens is 2. The summed E-state index contributed by atoms with van der Waals surface area (Å²) in [5, 5.41) is 1.67. The topological polar surface area (TPSA) is 55.4 Å². The summed E-state index contributed by atoms with van der Waals surface area (Å²) in [6, 6.07) is 1.90. The highest BCUT2D eigenvalue weighted by molar-refractivity contribution is 8.00. The van der Waals surface area contributed by atoms with Crippen LogP contribution in [0, 0.1) is 23.5 Å². The van der Waals surface area contributed by atoms with Crippen LogP contribution in [0.25, 0.3) is 0 Å². The molecular weight excluding hydrogens is 336 g/mol. The summed E-state index contributed by atoms with van der Waals surface area (Å²) in [5.74, 6) is -2.46. The fraction of sp³-hybridized carbons (Fsp3) is 0.529. The number of hydrogen-bond donors (Lipinski definition) is 1. The number of esters is 1. The standard InChI is InChI=1S/C17H23F2NO3S/c1-9(2)8-23-17(22)16(10(3)4)24-15-7-14(20-11(5)21)12(18)6-13(15)19/h6-7,9-10,16H,8H2,1-5H3,(H,20,21). The van der Waals surface area contributed by atoms with Crippen LogP contribution in [0.1, 0.15) is 34.6 Å². The molecule has 4 nitrogen and oxygen atoms in total. The molecule has 0 bridgehead atoms. The molecule has 0 heterocycles. The van der Waals surface area contributed by atoms with Gasteiger partial charge in [0.05, 0.1) is 12.3 Å². The van der Waals surface area contributed by atoms with Crippen LogP contribution in [0.4, 0.5) is 14.5 Å². The van der Waals surface area contributed by atoms with Gasteiger partial charge in [0.2, 0.25) is 5.91 Å². The Balaban J connectivity index is 3.01. The number of carbonyl (C=O) groups is 2. The number of thioether (sulfide) groups is 1. The third-order valence-electron chi connectivity index (χ3n) is 2.98. The maximum Gasteiger partial charge on any atom is 0.319 e. The Kier molecular flexibility index (Phi) is 7.66. The number of nitrogens with one attached hydrogen (secondary N) is 1. The van der Waals surface area contributed by atoms with Gasteiger partial charge in [0.1, 0.15) is 16.9 Å². The molecule has 7 heteroatoms. The van der Waals surface area contributed by atoms with Gasteiger partial charge in [0, 0.05) is 17.9 Å². The van der Waals surface area contributed by atoms with E-state index in [0.717, 1.165) is 11.8 Å². The summed E-state index contributed by atoms with van der Waals surface area (Å²) >= 11 is 0.966. The summed E-state index contributed by atoms with van der Waals surface area (Å²) < 4.78 is 33.0. The third-order valence-corrected chi connectivity index (χ3v) is 4.54. The molecule has 1 rings (SSSR count). The van der Waals surface area contributed by atoms with E-state index in [0.29, 0.717) is 6.07 Å². The van der Waals surface area contributed by atoms with Crippen molar-refractivity contribution in [1.29, 1.82) is 0 Å². The van der Waals surface area contributed by atoms with Gasteiger partial charge < -0.3 is 10.1 Å². The summed E-state index contributed by atoms with van der Waals surface area (Å²) in [7, 11) is 0. The van der Waals surface area contributed by atoms with Crippen molar-refractivity contribution in [3.05, 3.63) is 23.8 Å². The lowest BCUT2D eigenvalue weighted by Gasteiger charge is -2.20. The molecular formula is C17H23F2NO3S. The number of rotatable bonds is 7. The van der Waals surface area contributed by atoms with Crippen molar-refractivity contribution in [2.24, 2.45) is 11.8 Å². The molecule has 0 saturated carbocycles. The van der Waals surface area contributed by atoms with E-state index in [9.17, 15) is 18.4 Å². The molecule has 0 saturated heterocycles. The predicted molar refractivity (Wildman–Crippen MR) is 90.9 cm³/mol. The van der Waals surface area contributed by atoms with Gasteiger partial charge >= 0.3 is 5.97 Å². The molecule has 0 radical (unpaired) electrons. The van der Waals surface area contributed by atoms with Gasteiger partial charge in [-0.3, -0.25) is 9.59 Å². The van der Waals surface area contributed by atoms with E-state index in [1.807, 2.05) is 27.7 Å². The van der Waals surface area contributed by atoms with E-state index in [-0.39, 0.29) is 29.0 Å². The first-order valence-electron chi connectivity index (χ1n) is 7.71. The van der Waals surface area contributed by atoms with Crippen molar-refractivity contribution in [2.45, 2.75) is 44.8 Å². The molecule has 134 valence electrons. The molecule has 1 aromatic carbocycles. The van der Waals surface area contributed by atoms with Crippen LogP contribution in [0.2, 0.25) is 0 Å². The molecule has 1 atom stereocenters. The molecule has 1 N–H and O–H groups in total. The number of benzene rings is 1. The molecule has 1 amide bonds. The van der Waals surface area contributed by atoms with E-state index >= 15 is 0 Å². The SMILES string of the molecule is CC(=O)Nc1cc(SC(C(=O)OCC(C)C)C(C)C)c(F)cc1F. The Bertz CT molecular complexity index is 606. The van der Waals surface area contributed by atoms with Crippen molar-refractivity contribution >= 4 is 29.3 Å². The van der Waals surface area contributed by atoms with Crippen molar-refractivity contribution in [3.63, 3.8) is 0 Å². The smallest absolute Gasteiger partial charge is 0.319 e. The molecule has 0 aliphatic carbocycles. The van der Waals surface area contributed by atoms with E-state index in [1.165, 1.54) is 13.0 Å². The Morgan fingerprint density at radius 1 is 1.17 bits per heavy atom. The highest BCUT2D eigenvalue weighted by Gasteiger charge is 2.27. The zero-order chi connectivity index (χ0) is 18.4. The van der Waals surface area contributed by atoms with E-state index in [4.69, 9.17) is 4.74 Å². The van der Waals surface area contributed by atoms with E-state index in [1.54, 1.807) is 0 Å². The molecule has 0 spiro atoms. The third kappa shape index (κ3) is 6.11. The Morgan fingerprint density at radius 3 is 2.29 bits per heavy atom. The normalized spacial score (nSPS) is 12.4. The zero-order valence-corrected chi connectivity index (χ0v) is 15.3. The second-order valence-corrected chi connectivity index (χ2v) is 7.43.